The number of hydrogen-bond donors (Lipinski definition) is 0. The fraction of sp³-hybridized carbons (Fsp3) is 0.889. The van der Waals surface area contributed by atoms with Gasteiger partial charge in [-0.05, 0) is 28.6 Å². The third-order valence-corrected chi connectivity index (χ3v) is 6.48. The molecular weight excluding hydrogens is 216 g/mol. The van der Waals surface area contributed by atoms with E-state index in [1.165, 1.54) is 32.1 Å². The van der Waals surface area contributed by atoms with Crippen molar-refractivity contribution >= 4 is 0 Å². The van der Waals surface area contributed by atoms with Crippen LogP contribution in [0.5, 0.6) is 0 Å². The van der Waals surface area contributed by atoms with E-state index in [0.29, 0.717) is 22.2 Å². The molecule has 0 aromatic carbocycles. The highest BCUT2D eigenvalue weighted by atomic mass is 14.6. The molecule has 2 unspecified atom stereocenters. The highest BCUT2D eigenvalue weighted by molar-refractivity contribution is 5.17. The number of allylic oxidation sites excluding steroid dienone is 2. The van der Waals surface area contributed by atoms with E-state index >= 15 is 0 Å². The second-order valence-electron chi connectivity index (χ2n) is 7.72. The van der Waals surface area contributed by atoms with Crippen molar-refractivity contribution in [1.82, 2.24) is 0 Å². The molecule has 0 heteroatoms. The third-order valence-electron chi connectivity index (χ3n) is 6.48. The van der Waals surface area contributed by atoms with Gasteiger partial charge in [0.2, 0.25) is 0 Å². The summed E-state index contributed by atoms with van der Waals surface area (Å²) in [6.07, 6.45) is 11.8. The van der Waals surface area contributed by atoms with Crippen molar-refractivity contribution < 1.29 is 0 Å². The molecule has 1 rings (SSSR count). The molecule has 0 aromatic heterocycles. The van der Waals surface area contributed by atoms with Crippen LogP contribution >= 0.6 is 0 Å². The van der Waals surface area contributed by atoms with Crippen molar-refractivity contribution in [2.24, 2.45) is 22.2 Å². The predicted molar refractivity (Wildman–Crippen MR) is 82.7 cm³/mol. The van der Waals surface area contributed by atoms with Crippen LogP contribution < -0.4 is 0 Å². The van der Waals surface area contributed by atoms with Crippen molar-refractivity contribution in [3.05, 3.63) is 12.2 Å². The molecule has 1 aliphatic carbocycles. The summed E-state index contributed by atoms with van der Waals surface area (Å²) in [5.41, 5.74) is 1.10. The highest BCUT2D eigenvalue weighted by Gasteiger charge is 2.52. The first-order valence-electron chi connectivity index (χ1n) is 7.88. The van der Waals surface area contributed by atoms with Crippen LogP contribution in [-0.4, -0.2) is 0 Å². The van der Waals surface area contributed by atoms with Crippen molar-refractivity contribution in [2.45, 2.75) is 80.6 Å². The van der Waals surface area contributed by atoms with Gasteiger partial charge in [0.15, 0.2) is 0 Å². The van der Waals surface area contributed by atoms with Gasteiger partial charge in [0.05, 0.1) is 0 Å². The summed E-state index contributed by atoms with van der Waals surface area (Å²) in [5, 5.41) is 0. The summed E-state index contributed by atoms with van der Waals surface area (Å²) < 4.78 is 0. The van der Waals surface area contributed by atoms with Gasteiger partial charge in [-0.3, -0.25) is 0 Å². The van der Waals surface area contributed by atoms with Gasteiger partial charge in [0, 0.05) is 0 Å². The average Bonchev–Trinajstić information content (AvgIpc) is 2.29. The zero-order valence-corrected chi connectivity index (χ0v) is 13.8. The van der Waals surface area contributed by atoms with E-state index in [1.54, 1.807) is 0 Å². The van der Waals surface area contributed by atoms with Gasteiger partial charge in [-0.1, -0.05) is 86.3 Å². The maximum atomic E-state index is 2.52. The van der Waals surface area contributed by atoms with E-state index in [1.807, 2.05) is 0 Å². The Labute approximate surface area is 115 Å². The first-order valence-corrected chi connectivity index (χ1v) is 7.88. The summed E-state index contributed by atoms with van der Waals surface area (Å²) in [4.78, 5) is 0. The van der Waals surface area contributed by atoms with Crippen LogP contribution in [0, 0.1) is 22.2 Å². The maximum absolute atomic E-state index is 2.52. The van der Waals surface area contributed by atoms with Crippen LogP contribution in [0.4, 0.5) is 0 Å². The summed E-state index contributed by atoms with van der Waals surface area (Å²) >= 11 is 0. The molecule has 0 spiro atoms. The second kappa shape index (κ2) is 5.39. The van der Waals surface area contributed by atoms with Crippen LogP contribution in [0.15, 0.2) is 12.2 Å². The van der Waals surface area contributed by atoms with Crippen molar-refractivity contribution in [1.29, 1.82) is 0 Å². The molecule has 2 atom stereocenters. The predicted octanol–water partition coefficient (Wildman–Crippen LogP) is 6.22. The molecule has 106 valence electrons. The van der Waals surface area contributed by atoms with Crippen molar-refractivity contribution in [3.63, 3.8) is 0 Å². The van der Waals surface area contributed by atoms with Crippen LogP contribution in [0.3, 0.4) is 0 Å². The summed E-state index contributed by atoms with van der Waals surface area (Å²) in [5.74, 6) is 0.677. The normalized spacial score (nSPS) is 33.6. The van der Waals surface area contributed by atoms with E-state index in [2.05, 4.69) is 60.6 Å². The van der Waals surface area contributed by atoms with Gasteiger partial charge in [0.1, 0.15) is 0 Å². The van der Waals surface area contributed by atoms with Gasteiger partial charge in [-0.15, -0.1) is 0 Å². The molecule has 0 aliphatic heterocycles. The molecule has 0 radical (unpaired) electrons. The van der Waals surface area contributed by atoms with E-state index < -0.39 is 0 Å². The minimum Gasteiger partial charge on any atom is -0.0846 e. The number of hydrogen-bond acceptors (Lipinski definition) is 0. The summed E-state index contributed by atoms with van der Waals surface area (Å²) in [7, 11) is 0. The lowest BCUT2D eigenvalue weighted by molar-refractivity contribution is -0.0429. The average molecular weight is 250 g/mol. The smallest absolute Gasteiger partial charge is 0.00900 e. The lowest BCUT2D eigenvalue weighted by Gasteiger charge is -2.58. The molecular formula is C18H34. The lowest BCUT2D eigenvalue weighted by atomic mass is 9.47. The minimum absolute atomic E-state index is 0.358. The van der Waals surface area contributed by atoms with Crippen LogP contribution in [-0.2, 0) is 0 Å². The van der Waals surface area contributed by atoms with Gasteiger partial charge < -0.3 is 0 Å². The Morgan fingerprint density at radius 3 is 2.11 bits per heavy atom. The molecule has 0 amide bonds. The van der Waals surface area contributed by atoms with Gasteiger partial charge in [-0.2, -0.15) is 0 Å². The molecule has 1 aliphatic rings. The van der Waals surface area contributed by atoms with E-state index in [-0.39, 0.29) is 0 Å². The van der Waals surface area contributed by atoms with E-state index in [4.69, 9.17) is 0 Å². The Morgan fingerprint density at radius 2 is 1.56 bits per heavy atom. The van der Waals surface area contributed by atoms with Crippen LogP contribution in [0.1, 0.15) is 80.6 Å². The Kier molecular flexibility index (Phi) is 4.73. The topological polar surface area (TPSA) is 0 Å². The quantitative estimate of drug-likeness (QED) is 0.401. The lowest BCUT2D eigenvalue weighted by Crippen LogP contribution is -2.50. The SMILES string of the molecule is CCCCCCC1(C)C=CC(C)C(C)(C)C1(C)C. The number of unbranched alkanes of at least 4 members (excludes halogenated alkanes) is 3. The first-order chi connectivity index (χ1) is 8.19. The Balaban J connectivity index is 2.83. The molecule has 0 bridgehead atoms. The Morgan fingerprint density at radius 1 is 0.944 bits per heavy atom. The molecule has 0 fully saturated rings. The standard InChI is InChI=1S/C18H34/c1-8-9-10-11-13-18(7)14-12-15(2)16(3,4)17(18,5)6/h12,14-15H,8-11,13H2,1-7H3. The second-order valence-corrected chi connectivity index (χ2v) is 7.72. The zero-order chi connectivity index (χ0) is 14.0. The van der Waals surface area contributed by atoms with Crippen molar-refractivity contribution in [3.8, 4) is 0 Å². The highest BCUT2D eigenvalue weighted by Crippen LogP contribution is 2.60. The Bertz CT molecular complexity index is 295. The van der Waals surface area contributed by atoms with E-state index in [0.717, 1.165) is 0 Å². The third kappa shape index (κ3) is 2.53. The Hall–Kier alpha value is -0.260. The maximum Gasteiger partial charge on any atom is -0.00900 e. The van der Waals surface area contributed by atoms with Gasteiger partial charge in [-0.25, -0.2) is 0 Å². The molecule has 0 saturated heterocycles. The molecule has 0 saturated carbocycles. The summed E-state index contributed by atoms with van der Waals surface area (Å²) in [6.45, 7) is 17.0. The summed E-state index contributed by atoms with van der Waals surface area (Å²) in [6, 6.07) is 0. The fourth-order valence-electron chi connectivity index (χ4n) is 3.43. The molecule has 18 heavy (non-hydrogen) atoms. The molecule has 0 heterocycles. The van der Waals surface area contributed by atoms with Crippen LogP contribution in [0.25, 0.3) is 0 Å². The zero-order valence-electron chi connectivity index (χ0n) is 13.8. The molecule has 0 N–H and O–H groups in total. The van der Waals surface area contributed by atoms with E-state index in [9.17, 15) is 0 Å². The number of rotatable bonds is 5. The first kappa shape index (κ1) is 15.8. The van der Waals surface area contributed by atoms with Gasteiger partial charge in [0.25, 0.3) is 0 Å². The van der Waals surface area contributed by atoms with Crippen molar-refractivity contribution in [2.75, 3.05) is 0 Å². The van der Waals surface area contributed by atoms with Gasteiger partial charge >= 0.3 is 0 Å². The minimum atomic E-state index is 0.358. The molecule has 0 nitrogen and oxygen atoms in total. The van der Waals surface area contributed by atoms with Crippen LogP contribution in [0.2, 0.25) is 0 Å². The fourth-order valence-corrected chi connectivity index (χ4v) is 3.43. The molecule has 0 aromatic rings. The monoisotopic (exact) mass is 250 g/mol. The largest absolute Gasteiger partial charge is 0.0846 e.